The highest BCUT2D eigenvalue weighted by Crippen LogP contribution is 2.53. The smallest absolute Gasteiger partial charge is 0.255 e. The number of primary amides is 1. The summed E-state index contributed by atoms with van der Waals surface area (Å²) >= 11 is 0. The van der Waals surface area contributed by atoms with Gasteiger partial charge < -0.3 is 30.9 Å². The quantitative estimate of drug-likeness (QED) is 0.338. The van der Waals surface area contributed by atoms with E-state index in [0.717, 1.165) is 16.9 Å². The number of aliphatic hydroxyl groups excluding tert-OH is 2. The number of aliphatic hydroxyl groups is 3. The van der Waals surface area contributed by atoms with Crippen molar-refractivity contribution in [2.75, 3.05) is 21.2 Å². The number of nitrogens with two attached hydrogens (primary N) is 1. The molecule has 1 fully saturated rings. The van der Waals surface area contributed by atoms with E-state index in [1.807, 2.05) is 24.3 Å². The molecule has 0 heterocycles. The van der Waals surface area contributed by atoms with Crippen LogP contribution >= 0.6 is 0 Å². The van der Waals surface area contributed by atoms with Crippen molar-refractivity contribution in [1.82, 2.24) is 4.90 Å². The van der Waals surface area contributed by atoms with E-state index in [1.165, 1.54) is 11.0 Å². The number of carbonyl (C=O) groups excluding carboxylic acids is 3. The molecule has 210 valence electrons. The lowest BCUT2D eigenvalue weighted by atomic mass is 9.57. The second-order valence-corrected chi connectivity index (χ2v) is 10.9. The predicted octanol–water partition coefficient (Wildman–Crippen LogP) is 1.76. The van der Waals surface area contributed by atoms with Gasteiger partial charge in [0.25, 0.3) is 5.91 Å². The van der Waals surface area contributed by atoms with Crippen LogP contribution in [0.3, 0.4) is 0 Å². The van der Waals surface area contributed by atoms with Crippen molar-refractivity contribution in [2.24, 2.45) is 17.6 Å². The normalized spacial score (nSPS) is 26.0. The fourth-order valence-corrected chi connectivity index (χ4v) is 6.65. The third-order valence-electron chi connectivity index (χ3n) is 8.52. The lowest BCUT2D eigenvalue weighted by molar-refractivity contribution is -0.153. The zero-order valence-corrected chi connectivity index (χ0v) is 22.5. The van der Waals surface area contributed by atoms with Gasteiger partial charge in [-0.25, -0.2) is 0 Å². The predicted molar refractivity (Wildman–Crippen MR) is 145 cm³/mol. The number of benzene rings is 2. The number of phenols is 1. The Bertz CT molecular complexity index is 1510. The summed E-state index contributed by atoms with van der Waals surface area (Å²) in [6.45, 7) is 0. The maximum atomic E-state index is 13.9. The lowest BCUT2D eigenvalue weighted by Crippen LogP contribution is -2.65. The van der Waals surface area contributed by atoms with Crippen LogP contribution < -0.4 is 10.5 Å². The van der Waals surface area contributed by atoms with Crippen LogP contribution in [0.25, 0.3) is 5.76 Å². The van der Waals surface area contributed by atoms with Crippen LogP contribution in [0.4, 0.5) is 0 Å². The molecule has 3 aliphatic carbocycles. The zero-order valence-electron chi connectivity index (χ0n) is 22.5. The van der Waals surface area contributed by atoms with E-state index in [-0.39, 0.29) is 29.7 Å². The number of nitrogens with zero attached hydrogens (tertiary/aromatic N) is 1. The number of ether oxygens (including phenoxy) is 1. The van der Waals surface area contributed by atoms with Gasteiger partial charge in [0.05, 0.1) is 18.7 Å². The van der Waals surface area contributed by atoms with E-state index in [4.69, 9.17) is 10.5 Å². The average Bonchev–Trinajstić information content (AvgIpc) is 2.90. The van der Waals surface area contributed by atoms with Gasteiger partial charge >= 0.3 is 0 Å². The highest BCUT2D eigenvalue weighted by atomic mass is 16.5. The molecule has 0 unspecified atom stereocenters. The molecule has 4 atom stereocenters. The van der Waals surface area contributed by atoms with E-state index < -0.39 is 58.0 Å². The number of hydrogen-bond acceptors (Lipinski definition) is 9. The zero-order chi connectivity index (χ0) is 29.1. The number of aromatic hydroxyl groups is 1. The van der Waals surface area contributed by atoms with E-state index in [9.17, 15) is 34.8 Å². The van der Waals surface area contributed by atoms with Gasteiger partial charge in [0.1, 0.15) is 28.6 Å². The van der Waals surface area contributed by atoms with Gasteiger partial charge in [0, 0.05) is 11.5 Å². The fraction of sp³-hybridized carbons (Fsp3) is 0.367. The van der Waals surface area contributed by atoms with Crippen molar-refractivity contribution >= 4 is 23.2 Å². The highest BCUT2D eigenvalue weighted by molar-refractivity contribution is 6.24. The minimum Gasteiger partial charge on any atom is -0.508 e. The maximum Gasteiger partial charge on any atom is 0.255 e. The van der Waals surface area contributed by atoms with Gasteiger partial charge in [0.15, 0.2) is 11.4 Å². The summed E-state index contributed by atoms with van der Waals surface area (Å²) in [6.07, 6.45) is 1.55. The Morgan fingerprint density at radius 3 is 2.50 bits per heavy atom. The summed E-state index contributed by atoms with van der Waals surface area (Å²) < 4.78 is 5.31. The van der Waals surface area contributed by atoms with Gasteiger partial charge in [-0.1, -0.05) is 18.2 Å². The molecule has 0 radical (unpaired) electrons. The summed E-state index contributed by atoms with van der Waals surface area (Å²) in [6, 6.07) is 9.79. The van der Waals surface area contributed by atoms with Crippen LogP contribution in [0.2, 0.25) is 0 Å². The molecule has 40 heavy (non-hydrogen) atoms. The van der Waals surface area contributed by atoms with Crippen LogP contribution in [-0.2, 0) is 33.6 Å². The number of ketones is 2. The number of methoxy groups -OCH3 is 1. The topological polar surface area (TPSA) is 171 Å². The Morgan fingerprint density at radius 1 is 1.12 bits per heavy atom. The first-order valence-electron chi connectivity index (χ1n) is 13.0. The monoisotopic (exact) mass is 548 g/mol. The minimum absolute atomic E-state index is 0.0523. The first-order chi connectivity index (χ1) is 18.9. The number of rotatable bonds is 6. The summed E-state index contributed by atoms with van der Waals surface area (Å²) in [5.74, 6) is -5.86. The first kappa shape index (κ1) is 27.4. The van der Waals surface area contributed by atoms with Crippen LogP contribution in [0.5, 0.6) is 11.5 Å². The molecule has 2 aromatic rings. The minimum atomic E-state index is -2.65. The maximum absolute atomic E-state index is 13.9. The molecule has 1 amide bonds. The van der Waals surface area contributed by atoms with Crippen LogP contribution in [0.1, 0.15) is 28.7 Å². The van der Waals surface area contributed by atoms with E-state index in [1.54, 1.807) is 27.3 Å². The third-order valence-corrected chi connectivity index (χ3v) is 8.52. The first-order valence-corrected chi connectivity index (χ1v) is 13.0. The van der Waals surface area contributed by atoms with Crippen molar-refractivity contribution in [2.45, 2.75) is 37.3 Å². The molecule has 0 saturated heterocycles. The number of amides is 1. The average molecular weight is 549 g/mol. The number of phenolic OH excluding ortho intramolecular Hbond substituents is 1. The highest BCUT2D eigenvalue weighted by Gasteiger charge is 2.64. The molecular formula is C30H32N2O8. The molecule has 3 aliphatic rings. The number of fused-ring (bicyclic) bond motifs is 3. The Kier molecular flexibility index (Phi) is 6.71. The number of aryl methyl sites for hydroxylation is 2. The molecule has 5 rings (SSSR count). The van der Waals surface area contributed by atoms with Gasteiger partial charge in [-0.15, -0.1) is 0 Å². The van der Waals surface area contributed by atoms with Crippen molar-refractivity contribution < 1.29 is 39.5 Å². The molecule has 0 aromatic heterocycles. The Hall–Kier alpha value is -4.15. The SMILES string of the molecule is COc1cccc(CCc2ccc(O)c3c2C[C@H]2C[C@H]4[C@H](N(C)C)C(=O)C(C(N)=O)=C(O)[C@@]4(O)C(=O)C2=C3O)c1. The number of hydrogen-bond donors (Lipinski definition) is 5. The van der Waals surface area contributed by atoms with Crippen molar-refractivity contribution in [1.29, 1.82) is 0 Å². The summed E-state index contributed by atoms with van der Waals surface area (Å²) in [4.78, 5) is 40.7. The van der Waals surface area contributed by atoms with E-state index in [2.05, 4.69) is 0 Å². The Labute approximate surface area is 231 Å². The van der Waals surface area contributed by atoms with E-state index in [0.29, 0.717) is 18.4 Å². The standard InChI is InChI=1S/C30H32N2O8/c1-32(2)24-19-13-16-12-18-15(8-7-14-5-4-6-17(11-14)40-3)9-10-20(33)22(18)25(34)21(16)27(36)30(19,39)28(37)23(26(24)35)29(31)38/h4-6,9-11,16,19,24,33-34,37,39H,7-8,12-13H2,1-3H3,(H2,31,38)/t16-,19-,24-,30-/m0/s1. The third kappa shape index (κ3) is 3.98. The van der Waals surface area contributed by atoms with E-state index >= 15 is 0 Å². The molecule has 6 N–H and O–H groups in total. The second-order valence-electron chi connectivity index (χ2n) is 10.9. The summed E-state index contributed by atoms with van der Waals surface area (Å²) in [5, 5.41) is 44.8. The molecule has 2 aromatic carbocycles. The van der Waals surface area contributed by atoms with Crippen molar-refractivity contribution in [3.8, 4) is 11.5 Å². The fourth-order valence-electron chi connectivity index (χ4n) is 6.65. The molecule has 10 nitrogen and oxygen atoms in total. The number of Topliss-reactive ketones (excluding diaryl/α,β-unsaturated/α-hetero) is 2. The molecular weight excluding hydrogens is 516 g/mol. The molecule has 0 aliphatic heterocycles. The van der Waals surface area contributed by atoms with Crippen LogP contribution in [0.15, 0.2) is 53.3 Å². The number of carbonyl (C=O) groups is 3. The molecule has 1 saturated carbocycles. The van der Waals surface area contributed by atoms with Crippen LogP contribution in [0, 0.1) is 11.8 Å². The number of likely N-dealkylation sites (N-methyl/N-ethyl adjacent to an activating group) is 1. The summed E-state index contributed by atoms with van der Waals surface area (Å²) in [7, 11) is 4.74. The largest absolute Gasteiger partial charge is 0.508 e. The van der Waals surface area contributed by atoms with Crippen molar-refractivity contribution in [3.05, 3.63) is 75.6 Å². The molecule has 0 bridgehead atoms. The van der Waals surface area contributed by atoms with Gasteiger partial charge in [-0.2, -0.15) is 0 Å². The molecule has 10 heteroatoms. The second kappa shape index (κ2) is 9.79. The van der Waals surface area contributed by atoms with Crippen molar-refractivity contribution in [3.63, 3.8) is 0 Å². The Balaban J connectivity index is 1.60. The summed E-state index contributed by atoms with van der Waals surface area (Å²) in [5.41, 5.74) is 4.41. The Morgan fingerprint density at radius 2 is 1.85 bits per heavy atom. The van der Waals surface area contributed by atoms with Gasteiger partial charge in [-0.3, -0.25) is 19.3 Å². The van der Waals surface area contributed by atoms with Gasteiger partial charge in [-0.05, 0) is 80.6 Å². The molecule has 0 spiro atoms. The van der Waals surface area contributed by atoms with Crippen LogP contribution in [-0.4, -0.2) is 75.6 Å². The van der Waals surface area contributed by atoms with Gasteiger partial charge in [0.2, 0.25) is 5.78 Å². The lowest BCUT2D eigenvalue weighted by Gasteiger charge is -2.50.